The maximum Gasteiger partial charge on any atom is 0.275 e. The highest BCUT2D eigenvalue weighted by Crippen LogP contribution is 2.17. The molecule has 2 heterocycles. The number of aromatic nitrogens is 3. The van der Waals surface area contributed by atoms with Crippen molar-refractivity contribution in [2.75, 3.05) is 5.32 Å². The lowest BCUT2D eigenvalue weighted by atomic mass is 10.3. The first-order valence-corrected chi connectivity index (χ1v) is 6.14. The van der Waals surface area contributed by atoms with Crippen molar-refractivity contribution in [2.45, 2.75) is 6.92 Å². The SMILES string of the molecule is Cc1cc(NC(=O)c2cncc(Cl)n2)cnc1Br. The summed E-state index contributed by atoms with van der Waals surface area (Å²) in [5.74, 6) is -0.381. The van der Waals surface area contributed by atoms with Gasteiger partial charge in [-0.25, -0.2) is 9.97 Å². The third kappa shape index (κ3) is 3.02. The summed E-state index contributed by atoms with van der Waals surface area (Å²) in [6.07, 6.45) is 4.26. The molecule has 0 saturated heterocycles. The highest BCUT2D eigenvalue weighted by atomic mass is 79.9. The Balaban J connectivity index is 2.18. The molecule has 0 aliphatic heterocycles. The van der Waals surface area contributed by atoms with Crippen LogP contribution in [0.4, 0.5) is 5.69 Å². The Morgan fingerprint density at radius 3 is 2.83 bits per heavy atom. The van der Waals surface area contributed by atoms with Crippen LogP contribution in [0.15, 0.2) is 29.3 Å². The number of pyridine rings is 1. The minimum Gasteiger partial charge on any atom is -0.319 e. The predicted octanol–water partition coefficient (Wildman–Crippen LogP) is 2.85. The highest BCUT2D eigenvalue weighted by molar-refractivity contribution is 9.10. The van der Waals surface area contributed by atoms with Gasteiger partial charge in [0.25, 0.3) is 5.91 Å². The Morgan fingerprint density at radius 1 is 1.39 bits per heavy atom. The zero-order valence-corrected chi connectivity index (χ0v) is 11.7. The number of nitrogens with zero attached hydrogens (tertiary/aromatic N) is 3. The Morgan fingerprint density at radius 2 is 2.17 bits per heavy atom. The van der Waals surface area contributed by atoms with E-state index in [2.05, 4.69) is 36.2 Å². The molecule has 7 heteroatoms. The first-order chi connectivity index (χ1) is 8.56. The number of rotatable bonds is 2. The molecule has 0 spiro atoms. The number of halogens is 2. The molecule has 5 nitrogen and oxygen atoms in total. The van der Waals surface area contributed by atoms with Crippen molar-refractivity contribution in [3.63, 3.8) is 0 Å². The largest absolute Gasteiger partial charge is 0.319 e. The summed E-state index contributed by atoms with van der Waals surface area (Å²) in [5.41, 5.74) is 1.66. The van der Waals surface area contributed by atoms with E-state index in [-0.39, 0.29) is 16.8 Å². The van der Waals surface area contributed by atoms with Crippen LogP contribution >= 0.6 is 27.5 Å². The summed E-state index contributed by atoms with van der Waals surface area (Å²) in [5, 5.41) is 2.84. The van der Waals surface area contributed by atoms with Gasteiger partial charge in [-0.2, -0.15) is 0 Å². The van der Waals surface area contributed by atoms with Crippen molar-refractivity contribution in [1.82, 2.24) is 15.0 Å². The lowest BCUT2D eigenvalue weighted by molar-refractivity contribution is 0.102. The fourth-order valence-electron chi connectivity index (χ4n) is 1.27. The van der Waals surface area contributed by atoms with E-state index in [1.807, 2.05) is 6.92 Å². The summed E-state index contributed by atoms with van der Waals surface area (Å²) >= 11 is 8.95. The van der Waals surface area contributed by atoms with Gasteiger partial charge in [0.05, 0.1) is 24.3 Å². The van der Waals surface area contributed by atoms with Crippen molar-refractivity contribution in [3.8, 4) is 0 Å². The Bertz CT molecular complexity index is 605. The standard InChI is InChI=1S/C11H8BrClN4O/c1-6-2-7(3-15-10(6)12)16-11(18)8-4-14-5-9(13)17-8/h2-5H,1H3,(H,16,18). The zero-order chi connectivity index (χ0) is 13.1. The van der Waals surface area contributed by atoms with Crippen LogP contribution in [0, 0.1) is 6.92 Å². The molecule has 2 aromatic rings. The summed E-state index contributed by atoms with van der Waals surface area (Å²) < 4.78 is 0.739. The molecule has 0 saturated carbocycles. The Kier molecular flexibility index (Phi) is 3.88. The van der Waals surface area contributed by atoms with Gasteiger partial charge in [-0.1, -0.05) is 11.6 Å². The predicted molar refractivity (Wildman–Crippen MR) is 71.7 cm³/mol. The number of hydrogen-bond acceptors (Lipinski definition) is 4. The van der Waals surface area contributed by atoms with E-state index in [1.54, 1.807) is 12.3 Å². The highest BCUT2D eigenvalue weighted by Gasteiger charge is 2.09. The second-order valence-electron chi connectivity index (χ2n) is 3.51. The van der Waals surface area contributed by atoms with E-state index < -0.39 is 0 Å². The van der Waals surface area contributed by atoms with Crippen molar-refractivity contribution >= 4 is 39.1 Å². The molecule has 1 N–H and O–H groups in total. The summed E-state index contributed by atoms with van der Waals surface area (Å²) in [7, 11) is 0. The van der Waals surface area contributed by atoms with E-state index in [9.17, 15) is 4.79 Å². The van der Waals surface area contributed by atoms with Gasteiger partial charge in [0.15, 0.2) is 0 Å². The first-order valence-electron chi connectivity index (χ1n) is 4.97. The topological polar surface area (TPSA) is 67.8 Å². The van der Waals surface area contributed by atoms with Crippen LogP contribution in [-0.4, -0.2) is 20.9 Å². The minimum absolute atomic E-state index is 0.156. The second-order valence-corrected chi connectivity index (χ2v) is 4.65. The van der Waals surface area contributed by atoms with Gasteiger partial charge >= 0.3 is 0 Å². The number of nitrogens with one attached hydrogen (secondary N) is 1. The molecular formula is C11H8BrClN4O. The second kappa shape index (κ2) is 5.41. The average molecular weight is 328 g/mol. The Hall–Kier alpha value is -1.53. The molecule has 2 rings (SSSR count). The first kappa shape index (κ1) is 12.9. The van der Waals surface area contributed by atoms with Gasteiger partial charge in [0.1, 0.15) is 15.5 Å². The fourth-order valence-corrected chi connectivity index (χ4v) is 1.64. The lowest BCUT2D eigenvalue weighted by Gasteiger charge is -2.05. The minimum atomic E-state index is -0.381. The van der Waals surface area contributed by atoms with E-state index in [0.717, 1.165) is 10.2 Å². The molecule has 0 unspecified atom stereocenters. The molecule has 0 aliphatic carbocycles. The molecule has 1 amide bonds. The zero-order valence-electron chi connectivity index (χ0n) is 9.32. The molecule has 0 bridgehead atoms. The number of aryl methyl sites for hydroxylation is 1. The van der Waals surface area contributed by atoms with Crippen LogP contribution in [0.2, 0.25) is 5.15 Å². The van der Waals surface area contributed by atoms with Gasteiger partial charge in [-0.15, -0.1) is 0 Å². The molecule has 0 radical (unpaired) electrons. The third-order valence-electron chi connectivity index (χ3n) is 2.11. The molecule has 0 atom stereocenters. The van der Waals surface area contributed by atoms with Crippen molar-refractivity contribution < 1.29 is 4.79 Å². The van der Waals surface area contributed by atoms with Gasteiger partial charge in [-0.3, -0.25) is 9.78 Å². The average Bonchev–Trinajstić information content (AvgIpc) is 2.34. The van der Waals surface area contributed by atoms with Crippen LogP contribution < -0.4 is 5.32 Å². The third-order valence-corrected chi connectivity index (χ3v) is 3.12. The van der Waals surface area contributed by atoms with Crippen LogP contribution in [-0.2, 0) is 0 Å². The fraction of sp³-hybridized carbons (Fsp3) is 0.0909. The lowest BCUT2D eigenvalue weighted by Crippen LogP contribution is -2.14. The van der Waals surface area contributed by atoms with Crippen molar-refractivity contribution in [2.24, 2.45) is 0 Å². The van der Waals surface area contributed by atoms with Crippen LogP contribution in [0.3, 0.4) is 0 Å². The number of anilines is 1. The summed E-state index contributed by atoms with van der Waals surface area (Å²) in [6, 6.07) is 1.80. The van der Waals surface area contributed by atoms with Crippen LogP contribution in [0.5, 0.6) is 0 Å². The van der Waals surface area contributed by atoms with E-state index >= 15 is 0 Å². The van der Waals surface area contributed by atoms with Crippen LogP contribution in [0.1, 0.15) is 16.1 Å². The number of hydrogen-bond donors (Lipinski definition) is 1. The number of carbonyl (C=O) groups excluding carboxylic acids is 1. The smallest absolute Gasteiger partial charge is 0.275 e. The van der Waals surface area contributed by atoms with E-state index in [1.165, 1.54) is 12.4 Å². The monoisotopic (exact) mass is 326 g/mol. The maximum atomic E-state index is 11.9. The van der Waals surface area contributed by atoms with Gasteiger partial charge < -0.3 is 5.32 Å². The molecule has 2 aromatic heterocycles. The van der Waals surface area contributed by atoms with Gasteiger partial charge in [-0.05, 0) is 34.5 Å². The molecule has 0 aromatic carbocycles. The molecule has 18 heavy (non-hydrogen) atoms. The van der Waals surface area contributed by atoms with Crippen LogP contribution in [0.25, 0.3) is 0 Å². The number of carbonyl (C=O) groups is 1. The summed E-state index contributed by atoms with van der Waals surface area (Å²) in [6.45, 7) is 1.88. The quantitative estimate of drug-likeness (QED) is 0.861. The summed E-state index contributed by atoms with van der Waals surface area (Å²) in [4.78, 5) is 23.6. The van der Waals surface area contributed by atoms with Crippen molar-refractivity contribution in [3.05, 3.63) is 45.7 Å². The molecule has 0 aliphatic rings. The molecule has 0 fully saturated rings. The molecular weight excluding hydrogens is 320 g/mol. The molecule has 92 valence electrons. The van der Waals surface area contributed by atoms with Gasteiger partial charge in [0.2, 0.25) is 0 Å². The maximum absolute atomic E-state index is 11.9. The normalized spacial score (nSPS) is 10.2. The van der Waals surface area contributed by atoms with Gasteiger partial charge in [0, 0.05) is 0 Å². The number of amides is 1. The Labute approximate surface area is 117 Å². The van der Waals surface area contributed by atoms with E-state index in [4.69, 9.17) is 11.6 Å². The van der Waals surface area contributed by atoms with Crippen molar-refractivity contribution in [1.29, 1.82) is 0 Å². The van der Waals surface area contributed by atoms with E-state index in [0.29, 0.717) is 5.69 Å².